The molecule has 4 heterocycles. The van der Waals surface area contributed by atoms with Crippen molar-refractivity contribution < 1.29 is 22.0 Å². The molecule has 2 unspecified atom stereocenters. The van der Waals surface area contributed by atoms with Gasteiger partial charge in [-0.3, -0.25) is 9.98 Å². The van der Waals surface area contributed by atoms with Crippen LogP contribution in [0, 0.1) is 13.7 Å². The Hall–Kier alpha value is -5.03. The Bertz CT molecular complexity index is 1900. The maximum absolute atomic E-state index is 7.61. The fraction of sp³-hybridized carbons (Fsp3) is 0.294. The lowest BCUT2D eigenvalue weighted by Gasteiger charge is -2.46. The van der Waals surface area contributed by atoms with Crippen molar-refractivity contribution in [3.8, 4) is 5.75 Å². The number of aliphatic imine (C=N–C) groups is 2. The molecule has 0 amide bonds. The second-order valence-electron chi connectivity index (χ2n) is 10.5. The van der Waals surface area contributed by atoms with E-state index in [1.165, 1.54) is 0 Å². The number of benzene rings is 3. The van der Waals surface area contributed by atoms with E-state index >= 15 is 0 Å². The third-order valence-electron chi connectivity index (χ3n) is 7.74. The van der Waals surface area contributed by atoms with Gasteiger partial charge in [-0.2, -0.15) is 9.97 Å². The molecule has 0 bridgehead atoms. The minimum absolute atomic E-state index is 0. The summed E-state index contributed by atoms with van der Waals surface area (Å²) in [7, 11) is 1.65. The van der Waals surface area contributed by atoms with Gasteiger partial charge in [-0.25, -0.2) is 0 Å². The molecule has 1 N–H and O–H groups in total. The van der Waals surface area contributed by atoms with Crippen LogP contribution in [0.5, 0.6) is 5.75 Å². The first kappa shape index (κ1) is 25.2. The molecule has 238 valence electrons. The SMILES string of the molecule is Cl.[2H]C([2H])([2H])c1noc(C2CN=CN(C(c3ccccc3)(c3ccccc3)c3ccc(OC)cc3)C2)n1.[2H]C([2H])([2H])c1noc(C2CN=CNC2)n1. The lowest BCUT2D eigenvalue weighted by molar-refractivity contribution is 0.228. The highest BCUT2D eigenvalue weighted by Crippen LogP contribution is 2.44. The van der Waals surface area contributed by atoms with Gasteiger partial charge in [0.05, 0.1) is 44.7 Å². The second kappa shape index (κ2) is 14.8. The lowest BCUT2D eigenvalue weighted by Crippen LogP contribution is -2.50. The van der Waals surface area contributed by atoms with Crippen LogP contribution in [-0.2, 0) is 5.54 Å². The van der Waals surface area contributed by atoms with Crippen LogP contribution in [0.2, 0.25) is 0 Å². The van der Waals surface area contributed by atoms with Crippen LogP contribution in [0.1, 0.15) is 60.2 Å². The van der Waals surface area contributed by atoms with Crippen LogP contribution in [-0.4, -0.2) is 71.1 Å². The van der Waals surface area contributed by atoms with E-state index in [-0.39, 0.29) is 41.8 Å². The first-order valence-corrected chi connectivity index (χ1v) is 14.4. The number of ether oxygens (including phenoxy) is 1. The van der Waals surface area contributed by atoms with Gasteiger partial charge in [0.2, 0.25) is 11.8 Å². The first-order valence-electron chi connectivity index (χ1n) is 17.4. The number of hydrogen-bond acceptors (Lipinski definition) is 11. The summed E-state index contributed by atoms with van der Waals surface area (Å²) in [6.07, 6.45) is 3.47. The van der Waals surface area contributed by atoms with Gasteiger partial charge in [-0.15, -0.1) is 12.4 Å². The molecule has 0 radical (unpaired) electrons. The number of aryl methyl sites for hydroxylation is 2. The number of aromatic nitrogens is 4. The molecule has 0 saturated carbocycles. The molecule has 11 nitrogen and oxygen atoms in total. The molecule has 5 aromatic rings. The van der Waals surface area contributed by atoms with Crippen molar-refractivity contribution in [1.82, 2.24) is 30.5 Å². The topological polar surface area (TPSA) is 127 Å². The minimum Gasteiger partial charge on any atom is -0.497 e. The summed E-state index contributed by atoms with van der Waals surface area (Å²) in [5, 5.41) is 10.1. The van der Waals surface area contributed by atoms with E-state index in [2.05, 4.69) is 76.9 Å². The zero-order valence-electron chi connectivity index (χ0n) is 31.0. The van der Waals surface area contributed by atoms with E-state index in [0.717, 1.165) is 22.4 Å². The van der Waals surface area contributed by atoms with Crippen molar-refractivity contribution in [3.63, 3.8) is 0 Å². The third kappa shape index (κ3) is 6.79. The molecule has 12 heteroatoms. The summed E-state index contributed by atoms with van der Waals surface area (Å²) in [6.45, 7) is -2.67. The number of hydrogen-bond donors (Lipinski definition) is 1. The molecule has 3 aromatic carbocycles. The quantitative estimate of drug-likeness (QED) is 0.234. The normalized spacial score (nSPS) is 19.8. The Morgan fingerprint density at radius 3 is 1.87 bits per heavy atom. The van der Waals surface area contributed by atoms with E-state index in [4.69, 9.17) is 22.0 Å². The molecule has 0 spiro atoms. The molecule has 2 aliphatic heterocycles. The maximum atomic E-state index is 7.61. The molecule has 2 aromatic heterocycles. The van der Waals surface area contributed by atoms with Crippen molar-refractivity contribution >= 4 is 25.1 Å². The average Bonchev–Trinajstić information content (AvgIpc) is 3.86. The monoisotopic (exact) mass is 646 g/mol. The Kier molecular flexibility index (Phi) is 8.12. The van der Waals surface area contributed by atoms with Crippen molar-refractivity contribution in [1.29, 1.82) is 0 Å². The van der Waals surface area contributed by atoms with Crippen LogP contribution in [0.15, 0.2) is 104 Å². The number of nitrogens with zero attached hydrogens (tertiary/aromatic N) is 7. The van der Waals surface area contributed by atoms with Crippen molar-refractivity contribution in [3.05, 3.63) is 125 Å². The zero-order valence-corrected chi connectivity index (χ0v) is 25.8. The first-order chi connectivity index (χ1) is 24.5. The fourth-order valence-electron chi connectivity index (χ4n) is 5.65. The molecule has 0 saturated heterocycles. The number of halogens is 1. The zero-order chi connectivity index (χ0) is 36.1. The van der Waals surface area contributed by atoms with E-state index in [1.54, 1.807) is 13.4 Å². The van der Waals surface area contributed by atoms with Gasteiger partial charge in [-0.1, -0.05) is 83.1 Å². The molecule has 2 aliphatic rings. The molecular weight excluding hydrogens is 604 g/mol. The maximum Gasteiger partial charge on any atom is 0.233 e. The van der Waals surface area contributed by atoms with Crippen molar-refractivity contribution in [2.24, 2.45) is 9.98 Å². The Labute approximate surface area is 282 Å². The van der Waals surface area contributed by atoms with Gasteiger partial charge in [0.1, 0.15) is 11.3 Å². The van der Waals surface area contributed by atoms with Crippen LogP contribution in [0.4, 0.5) is 0 Å². The fourth-order valence-corrected chi connectivity index (χ4v) is 5.65. The minimum atomic E-state index is -2.43. The van der Waals surface area contributed by atoms with Gasteiger partial charge in [0.25, 0.3) is 0 Å². The van der Waals surface area contributed by atoms with Gasteiger partial charge in [0.15, 0.2) is 11.6 Å². The summed E-state index contributed by atoms with van der Waals surface area (Å²) in [5.74, 6) is 0.515. The van der Waals surface area contributed by atoms with E-state index in [9.17, 15) is 0 Å². The van der Waals surface area contributed by atoms with E-state index < -0.39 is 19.2 Å². The smallest absolute Gasteiger partial charge is 0.233 e. The van der Waals surface area contributed by atoms with Crippen molar-refractivity contribution in [2.45, 2.75) is 31.1 Å². The highest BCUT2D eigenvalue weighted by molar-refractivity contribution is 5.85. The largest absolute Gasteiger partial charge is 0.497 e. The van der Waals surface area contributed by atoms with Crippen LogP contribution < -0.4 is 10.1 Å². The Balaban J connectivity index is 0.000000274. The molecular formula is C34H37ClN8O3. The van der Waals surface area contributed by atoms with E-state index in [0.29, 0.717) is 32.1 Å². The van der Waals surface area contributed by atoms with Crippen molar-refractivity contribution in [2.75, 3.05) is 33.3 Å². The standard InChI is InChI=1S/C27H26N4O2.C7H10N4O.ClH/c1-20-29-26(33-30-20)21-17-28-19-31(18-21)27(22-9-5-3-6-10-22,23-11-7-4-8-12-23)24-13-15-25(32-2)16-14-24;1-5-10-7(12-11-5)6-2-8-4-9-3-6;/h3-16,19,21H,17-18H2,1-2H3;4,6H,2-3H2,1H3,(H,8,9);1H/i2*1D3;. The molecule has 7 rings (SSSR count). The van der Waals surface area contributed by atoms with Crippen LogP contribution in [0.3, 0.4) is 0 Å². The average molecular weight is 647 g/mol. The molecule has 0 fully saturated rings. The summed E-state index contributed by atoms with van der Waals surface area (Å²) in [6, 6.07) is 28.5. The highest BCUT2D eigenvalue weighted by Gasteiger charge is 2.43. The summed E-state index contributed by atoms with van der Waals surface area (Å²) in [4.78, 5) is 18.9. The number of methoxy groups -OCH3 is 1. The molecule has 2 atom stereocenters. The van der Waals surface area contributed by atoms with E-state index in [1.807, 2.05) is 54.9 Å². The van der Waals surface area contributed by atoms with Crippen LogP contribution >= 0.6 is 12.4 Å². The van der Waals surface area contributed by atoms with Gasteiger partial charge < -0.3 is 24.0 Å². The number of nitrogens with one attached hydrogen (secondary N) is 1. The van der Waals surface area contributed by atoms with Gasteiger partial charge in [-0.05, 0) is 42.5 Å². The summed E-state index contributed by atoms with van der Waals surface area (Å²) in [5.41, 5.74) is 2.41. The predicted octanol–water partition coefficient (Wildman–Crippen LogP) is 5.32. The summed E-state index contributed by atoms with van der Waals surface area (Å²) < 4.78 is 59.9. The van der Waals surface area contributed by atoms with Gasteiger partial charge >= 0.3 is 0 Å². The lowest BCUT2D eigenvalue weighted by atomic mass is 9.75. The predicted molar refractivity (Wildman–Crippen MR) is 178 cm³/mol. The molecule has 0 aliphatic carbocycles. The second-order valence-corrected chi connectivity index (χ2v) is 10.5. The van der Waals surface area contributed by atoms with Gasteiger partial charge in [0, 0.05) is 21.3 Å². The third-order valence-corrected chi connectivity index (χ3v) is 7.74. The number of rotatable bonds is 7. The van der Waals surface area contributed by atoms with Crippen LogP contribution in [0.25, 0.3) is 0 Å². The Morgan fingerprint density at radius 1 is 0.783 bits per heavy atom. The summed E-state index contributed by atoms with van der Waals surface area (Å²) >= 11 is 0. The Morgan fingerprint density at radius 2 is 1.35 bits per heavy atom. The molecule has 46 heavy (non-hydrogen) atoms. The highest BCUT2D eigenvalue weighted by atomic mass is 35.5.